The van der Waals surface area contributed by atoms with Crippen LogP contribution in [0.4, 0.5) is 0 Å². The van der Waals surface area contributed by atoms with Crippen molar-refractivity contribution in [3.63, 3.8) is 0 Å². The zero-order valence-electron chi connectivity index (χ0n) is 11.7. The first-order valence-electron chi connectivity index (χ1n) is 6.54. The Morgan fingerprint density at radius 1 is 0.917 bits per heavy atom. The van der Waals surface area contributed by atoms with Crippen LogP contribution in [0, 0.1) is 0 Å². The van der Waals surface area contributed by atoms with Crippen LogP contribution in [-0.4, -0.2) is 20.7 Å². The Hall–Kier alpha value is -2.08. The van der Waals surface area contributed by atoms with Crippen molar-refractivity contribution in [1.29, 1.82) is 0 Å². The van der Waals surface area contributed by atoms with Crippen LogP contribution in [-0.2, 0) is 0 Å². The molecular weight excluding hydrogens is 379 g/mol. The summed E-state index contributed by atoms with van der Waals surface area (Å²) >= 11 is 16.7. The van der Waals surface area contributed by atoms with E-state index in [-0.39, 0.29) is 33.1 Å². The van der Waals surface area contributed by atoms with Gasteiger partial charge in [-0.1, -0.05) is 40.9 Å². The fourth-order valence-corrected chi connectivity index (χ4v) is 2.62. The minimum Gasteiger partial charge on any atom is -0.478 e. The molecule has 0 fully saturated rings. The first-order chi connectivity index (χ1) is 11.2. The van der Waals surface area contributed by atoms with E-state index in [0.717, 1.165) is 0 Å². The molecule has 0 saturated heterocycles. The van der Waals surface area contributed by atoms with Crippen LogP contribution in [0.3, 0.4) is 0 Å². The van der Waals surface area contributed by atoms with Gasteiger partial charge in [0.05, 0.1) is 16.3 Å². The number of ketones is 1. The third-order valence-corrected chi connectivity index (χ3v) is 3.95. The predicted molar refractivity (Wildman–Crippen MR) is 91.6 cm³/mol. The first kappa shape index (κ1) is 16.8. The molecule has 1 aromatic heterocycles. The highest BCUT2D eigenvalue weighted by atomic mass is 35.6. The van der Waals surface area contributed by atoms with Crippen molar-refractivity contribution in [2.24, 2.45) is 0 Å². The smallest absolute Gasteiger partial charge is 0.335 e. The molecule has 0 unspecified atom stereocenters. The number of rotatable bonds is 2. The lowest BCUT2D eigenvalue weighted by Crippen LogP contribution is -2.19. The highest BCUT2D eigenvalue weighted by molar-refractivity contribution is 6.77. The molecule has 0 saturated carbocycles. The van der Waals surface area contributed by atoms with Gasteiger partial charge < -0.3 is 9.52 Å². The number of fused-ring (bicyclic) bond motifs is 2. The number of alkyl halides is 3. The number of carboxylic acids is 1. The Kier molecular flexibility index (Phi) is 4.03. The number of aromatic carboxylic acids is 1. The highest BCUT2D eigenvalue weighted by Crippen LogP contribution is 2.31. The lowest BCUT2D eigenvalue weighted by Gasteiger charge is -2.10. The van der Waals surface area contributed by atoms with Gasteiger partial charge in [-0.2, -0.15) is 0 Å². The van der Waals surface area contributed by atoms with Gasteiger partial charge in [0.2, 0.25) is 11.2 Å². The van der Waals surface area contributed by atoms with E-state index < -0.39 is 21.0 Å². The molecule has 0 aliphatic rings. The number of hydrogen-bond donors (Lipinski definition) is 1. The summed E-state index contributed by atoms with van der Waals surface area (Å²) in [6, 6.07) is 7.96. The van der Waals surface area contributed by atoms with E-state index >= 15 is 0 Å². The standard InChI is InChI=1S/C16H7Cl3O5/c17-16(18,19)14(21)7-1-3-9-12(6-7)24-11-4-2-8(15(22)23)5-10(11)13(9)20/h1-6H,(H,22,23). The van der Waals surface area contributed by atoms with Crippen LogP contribution in [0.1, 0.15) is 20.7 Å². The number of carboxylic acid groups (broad SMARTS) is 1. The highest BCUT2D eigenvalue weighted by Gasteiger charge is 2.32. The summed E-state index contributed by atoms with van der Waals surface area (Å²) in [4.78, 5) is 35.5. The molecular formula is C16H7Cl3O5. The van der Waals surface area contributed by atoms with E-state index in [1.165, 1.54) is 36.4 Å². The first-order valence-corrected chi connectivity index (χ1v) is 7.67. The fraction of sp³-hybridized carbons (Fsp3) is 0.0625. The van der Waals surface area contributed by atoms with E-state index in [1.807, 2.05) is 0 Å². The Balaban J connectivity index is 2.28. The number of benzene rings is 2. The van der Waals surface area contributed by atoms with Crippen molar-refractivity contribution in [1.82, 2.24) is 0 Å². The van der Waals surface area contributed by atoms with Crippen LogP contribution in [0.5, 0.6) is 0 Å². The molecule has 24 heavy (non-hydrogen) atoms. The van der Waals surface area contributed by atoms with Crippen molar-refractivity contribution < 1.29 is 19.1 Å². The van der Waals surface area contributed by atoms with E-state index in [0.29, 0.717) is 0 Å². The van der Waals surface area contributed by atoms with Crippen molar-refractivity contribution >= 4 is 68.5 Å². The fourth-order valence-electron chi connectivity index (χ4n) is 2.29. The summed E-state index contributed by atoms with van der Waals surface area (Å²) in [7, 11) is 0. The summed E-state index contributed by atoms with van der Waals surface area (Å²) in [5, 5.41) is 9.33. The normalized spacial score (nSPS) is 11.8. The van der Waals surface area contributed by atoms with Gasteiger partial charge in [0.15, 0.2) is 0 Å². The molecule has 0 aliphatic carbocycles. The van der Waals surface area contributed by atoms with Crippen molar-refractivity contribution in [3.05, 3.63) is 57.7 Å². The SMILES string of the molecule is O=C(O)c1ccc2oc3cc(C(=O)C(Cl)(Cl)Cl)ccc3c(=O)c2c1. The van der Waals surface area contributed by atoms with Gasteiger partial charge in [-0.05, 0) is 30.3 Å². The molecule has 122 valence electrons. The number of carbonyl (C=O) groups is 2. The number of halogens is 3. The lowest BCUT2D eigenvalue weighted by molar-refractivity contribution is 0.0697. The number of hydrogen-bond acceptors (Lipinski definition) is 4. The third-order valence-electron chi connectivity index (χ3n) is 3.44. The molecule has 0 aliphatic heterocycles. The second kappa shape index (κ2) is 5.77. The summed E-state index contributed by atoms with van der Waals surface area (Å²) in [5.41, 5.74) is -0.0433. The van der Waals surface area contributed by atoms with Crippen LogP contribution < -0.4 is 5.43 Å². The maximum atomic E-state index is 12.5. The summed E-state index contributed by atoms with van der Waals surface area (Å²) in [6.45, 7) is 0. The quantitative estimate of drug-likeness (QED) is 0.406. The maximum absolute atomic E-state index is 12.5. The van der Waals surface area contributed by atoms with Crippen molar-refractivity contribution in [2.45, 2.75) is 3.79 Å². The van der Waals surface area contributed by atoms with Gasteiger partial charge in [-0.3, -0.25) is 9.59 Å². The zero-order chi connectivity index (χ0) is 17.6. The van der Waals surface area contributed by atoms with Gasteiger partial charge in [0, 0.05) is 5.56 Å². The number of Topliss-reactive ketones (excluding diaryl/α,β-unsaturated/α-hetero) is 1. The minimum atomic E-state index is -2.12. The molecule has 0 bridgehead atoms. The van der Waals surface area contributed by atoms with E-state index in [4.69, 9.17) is 44.3 Å². The molecule has 0 spiro atoms. The zero-order valence-corrected chi connectivity index (χ0v) is 13.9. The molecule has 3 aromatic rings. The molecule has 0 atom stereocenters. The molecule has 3 rings (SSSR count). The van der Waals surface area contributed by atoms with E-state index in [9.17, 15) is 14.4 Å². The van der Waals surface area contributed by atoms with Crippen LogP contribution in [0.2, 0.25) is 0 Å². The molecule has 1 N–H and O–H groups in total. The monoisotopic (exact) mass is 384 g/mol. The third kappa shape index (κ3) is 2.86. The average molecular weight is 386 g/mol. The van der Waals surface area contributed by atoms with Gasteiger partial charge in [-0.15, -0.1) is 0 Å². The largest absolute Gasteiger partial charge is 0.478 e. The van der Waals surface area contributed by atoms with E-state index in [2.05, 4.69) is 0 Å². The maximum Gasteiger partial charge on any atom is 0.335 e. The van der Waals surface area contributed by atoms with Crippen LogP contribution >= 0.6 is 34.8 Å². The Labute approximate surface area is 149 Å². The summed E-state index contributed by atoms with van der Waals surface area (Å²) in [6.07, 6.45) is 0. The van der Waals surface area contributed by atoms with Crippen molar-refractivity contribution in [2.75, 3.05) is 0 Å². The van der Waals surface area contributed by atoms with Crippen LogP contribution in [0.15, 0.2) is 45.6 Å². The molecule has 5 nitrogen and oxygen atoms in total. The topological polar surface area (TPSA) is 84.6 Å². The molecule has 0 radical (unpaired) electrons. The predicted octanol–water partition coefficient (Wildman–Crippen LogP) is 4.20. The van der Waals surface area contributed by atoms with Gasteiger partial charge in [0.1, 0.15) is 11.2 Å². The lowest BCUT2D eigenvalue weighted by atomic mass is 10.1. The second-order valence-electron chi connectivity index (χ2n) is 4.99. The minimum absolute atomic E-state index is 0.0304. The average Bonchev–Trinajstić information content (AvgIpc) is 2.52. The molecule has 0 amide bonds. The Morgan fingerprint density at radius 2 is 1.58 bits per heavy atom. The van der Waals surface area contributed by atoms with Gasteiger partial charge in [-0.25, -0.2) is 4.79 Å². The summed E-state index contributed by atoms with van der Waals surface area (Å²) < 4.78 is 3.47. The van der Waals surface area contributed by atoms with E-state index in [1.54, 1.807) is 0 Å². The number of carbonyl (C=O) groups excluding carboxylic acids is 1. The molecule has 2 aromatic carbocycles. The van der Waals surface area contributed by atoms with Gasteiger partial charge in [0.25, 0.3) is 3.79 Å². The molecule has 1 heterocycles. The summed E-state index contributed by atoms with van der Waals surface area (Å²) in [5.74, 6) is -1.90. The van der Waals surface area contributed by atoms with Crippen molar-refractivity contribution in [3.8, 4) is 0 Å². The second-order valence-corrected chi connectivity index (χ2v) is 7.27. The Bertz CT molecular complexity index is 1060. The Morgan fingerprint density at radius 3 is 2.21 bits per heavy atom. The van der Waals surface area contributed by atoms with Crippen LogP contribution in [0.25, 0.3) is 21.9 Å². The van der Waals surface area contributed by atoms with Gasteiger partial charge >= 0.3 is 5.97 Å². The molecule has 8 heteroatoms.